The third-order valence-corrected chi connectivity index (χ3v) is 1.68. The van der Waals surface area contributed by atoms with Crippen LogP contribution in [-0.4, -0.2) is 27.0 Å². The van der Waals surface area contributed by atoms with Gasteiger partial charge in [0.05, 0.1) is 0 Å². The average Bonchev–Trinajstić information content (AvgIpc) is 2.11. The van der Waals surface area contributed by atoms with Gasteiger partial charge in [-0.15, -0.1) is 0 Å². The fourth-order valence-electron chi connectivity index (χ4n) is 0.959. The van der Waals surface area contributed by atoms with Crippen LogP contribution in [0, 0.1) is 5.41 Å². The van der Waals surface area contributed by atoms with Crippen LogP contribution in [0.15, 0.2) is 18.2 Å². The Morgan fingerprint density at radius 2 is 1.93 bits per heavy atom. The predicted octanol–water partition coefficient (Wildman–Crippen LogP) is 0.745. The molecule has 0 heterocycles. The molecule has 0 aromatic heterocycles. The maximum atomic E-state index is 10.3. The van der Waals surface area contributed by atoms with Crippen molar-refractivity contribution in [1.29, 1.82) is 5.41 Å². The van der Waals surface area contributed by atoms with Crippen molar-refractivity contribution in [3.63, 3.8) is 0 Å². The molecular weight excluding hydrogens is 186 g/mol. The molecule has 0 fully saturated rings. The molecule has 0 bridgehead atoms. The molecule has 5 heteroatoms. The van der Waals surface area contributed by atoms with Gasteiger partial charge >= 0.3 is 5.97 Å². The number of carboxylic acid groups (broad SMARTS) is 1. The summed E-state index contributed by atoms with van der Waals surface area (Å²) < 4.78 is 0. The van der Waals surface area contributed by atoms with Gasteiger partial charge in [0.25, 0.3) is 0 Å². The molecule has 14 heavy (non-hydrogen) atoms. The summed E-state index contributed by atoms with van der Waals surface area (Å²) in [4.78, 5) is 10.3. The topological polar surface area (TPSA) is 102 Å². The van der Waals surface area contributed by atoms with E-state index >= 15 is 0 Å². The second-order valence-corrected chi connectivity index (χ2v) is 2.78. The first kappa shape index (κ1) is 10.0. The molecule has 0 unspecified atom stereocenters. The van der Waals surface area contributed by atoms with E-state index in [1.165, 1.54) is 18.2 Å². The lowest BCUT2D eigenvalue weighted by Gasteiger charge is -2.02. The van der Waals surface area contributed by atoms with Crippen molar-refractivity contribution in [3.8, 4) is 11.5 Å². The largest absolute Gasteiger partial charge is 0.504 e. The van der Waals surface area contributed by atoms with Gasteiger partial charge in [0.2, 0.25) is 0 Å². The summed E-state index contributed by atoms with van der Waals surface area (Å²) in [6.45, 7) is 0. The summed E-state index contributed by atoms with van der Waals surface area (Å²) in [7, 11) is 0. The second kappa shape index (κ2) is 3.78. The Hall–Kier alpha value is -2.04. The van der Waals surface area contributed by atoms with Crippen molar-refractivity contribution in [2.45, 2.75) is 6.42 Å². The van der Waals surface area contributed by atoms with Crippen molar-refractivity contribution >= 4 is 11.7 Å². The molecule has 1 aromatic rings. The van der Waals surface area contributed by atoms with E-state index in [0.717, 1.165) is 0 Å². The van der Waals surface area contributed by atoms with Gasteiger partial charge < -0.3 is 15.3 Å². The van der Waals surface area contributed by atoms with Gasteiger partial charge in [0, 0.05) is 6.42 Å². The van der Waals surface area contributed by atoms with Crippen LogP contribution < -0.4 is 0 Å². The monoisotopic (exact) mass is 195 g/mol. The Labute approximate surface area is 79.8 Å². The number of aromatic hydroxyl groups is 2. The Balaban J connectivity index is 2.83. The first-order chi connectivity index (χ1) is 6.50. The van der Waals surface area contributed by atoms with Gasteiger partial charge in [0.15, 0.2) is 11.5 Å². The molecular formula is C9H9NO4. The minimum Gasteiger partial charge on any atom is -0.504 e. The molecule has 5 nitrogen and oxygen atoms in total. The summed E-state index contributed by atoms with van der Waals surface area (Å²) in [6, 6.07) is 3.93. The highest BCUT2D eigenvalue weighted by atomic mass is 16.4. The van der Waals surface area contributed by atoms with E-state index in [0.29, 0.717) is 5.56 Å². The molecule has 1 rings (SSSR count). The minimum absolute atomic E-state index is 0.0802. The molecule has 74 valence electrons. The Kier molecular flexibility index (Phi) is 2.71. The van der Waals surface area contributed by atoms with E-state index in [9.17, 15) is 4.79 Å². The molecule has 0 saturated heterocycles. The van der Waals surface area contributed by atoms with Crippen LogP contribution in [0.4, 0.5) is 0 Å². The van der Waals surface area contributed by atoms with Crippen LogP contribution in [-0.2, 0) is 11.2 Å². The summed E-state index contributed by atoms with van der Waals surface area (Å²) in [6.07, 6.45) is -0.0802. The van der Waals surface area contributed by atoms with Crippen LogP contribution in [0.5, 0.6) is 11.5 Å². The SMILES string of the molecule is N=C(Cc1ccc(O)c(O)c1)C(=O)O. The molecule has 0 spiro atoms. The Morgan fingerprint density at radius 3 is 2.43 bits per heavy atom. The molecule has 0 saturated carbocycles. The van der Waals surface area contributed by atoms with Gasteiger partial charge in [0.1, 0.15) is 5.71 Å². The van der Waals surface area contributed by atoms with Gasteiger partial charge in [-0.2, -0.15) is 0 Å². The maximum absolute atomic E-state index is 10.3. The first-order valence-corrected chi connectivity index (χ1v) is 3.82. The van der Waals surface area contributed by atoms with Crippen molar-refractivity contribution < 1.29 is 20.1 Å². The second-order valence-electron chi connectivity index (χ2n) is 2.78. The quantitative estimate of drug-likeness (QED) is 0.422. The molecule has 0 aliphatic rings. The fourth-order valence-corrected chi connectivity index (χ4v) is 0.959. The smallest absolute Gasteiger partial charge is 0.349 e. The van der Waals surface area contributed by atoms with Crippen molar-refractivity contribution in [3.05, 3.63) is 23.8 Å². The predicted molar refractivity (Wildman–Crippen MR) is 48.8 cm³/mol. The molecule has 0 radical (unpaired) electrons. The lowest BCUT2D eigenvalue weighted by Crippen LogP contribution is -2.13. The van der Waals surface area contributed by atoms with E-state index in [1.54, 1.807) is 0 Å². The number of carbonyl (C=O) groups is 1. The zero-order valence-electron chi connectivity index (χ0n) is 7.19. The summed E-state index contributed by atoms with van der Waals surface area (Å²) in [5.41, 5.74) is 0.00258. The highest BCUT2D eigenvalue weighted by molar-refractivity contribution is 6.34. The maximum Gasteiger partial charge on any atom is 0.349 e. The molecule has 0 amide bonds. The van der Waals surface area contributed by atoms with Crippen LogP contribution in [0.3, 0.4) is 0 Å². The molecule has 0 aliphatic heterocycles. The van der Waals surface area contributed by atoms with Crippen LogP contribution >= 0.6 is 0 Å². The van der Waals surface area contributed by atoms with Gasteiger partial charge in [-0.3, -0.25) is 5.41 Å². The third-order valence-electron chi connectivity index (χ3n) is 1.68. The Morgan fingerprint density at radius 1 is 1.29 bits per heavy atom. The van der Waals surface area contributed by atoms with Gasteiger partial charge in [-0.1, -0.05) is 6.07 Å². The van der Waals surface area contributed by atoms with E-state index in [1.807, 2.05) is 0 Å². The van der Waals surface area contributed by atoms with Gasteiger partial charge in [-0.05, 0) is 17.7 Å². The zero-order chi connectivity index (χ0) is 10.7. The van der Waals surface area contributed by atoms with E-state index in [4.69, 9.17) is 20.7 Å². The number of benzene rings is 1. The standard InChI is InChI=1S/C9H9NO4/c10-6(9(13)14)3-5-1-2-7(11)8(12)4-5/h1-2,4,10-12H,3H2,(H,13,14). The lowest BCUT2D eigenvalue weighted by atomic mass is 10.1. The zero-order valence-corrected chi connectivity index (χ0v) is 7.19. The number of hydrogen-bond donors (Lipinski definition) is 4. The summed E-state index contributed by atoms with van der Waals surface area (Å²) in [5, 5.41) is 33.5. The van der Waals surface area contributed by atoms with Crippen molar-refractivity contribution in [2.24, 2.45) is 0 Å². The Bertz CT molecular complexity index is 386. The van der Waals surface area contributed by atoms with Crippen molar-refractivity contribution in [1.82, 2.24) is 0 Å². The van der Waals surface area contributed by atoms with Crippen LogP contribution in [0.1, 0.15) is 5.56 Å². The van der Waals surface area contributed by atoms with Gasteiger partial charge in [-0.25, -0.2) is 4.79 Å². The highest BCUT2D eigenvalue weighted by Gasteiger charge is 2.08. The number of nitrogens with one attached hydrogen (secondary N) is 1. The number of rotatable bonds is 3. The normalized spacial score (nSPS) is 9.71. The fraction of sp³-hybridized carbons (Fsp3) is 0.111. The minimum atomic E-state index is -1.29. The summed E-state index contributed by atoms with van der Waals surface area (Å²) in [5.74, 6) is -1.88. The highest BCUT2D eigenvalue weighted by Crippen LogP contribution is 2.24. The summed E-state index contributed by atoms with van der Waals surface area (Å²) >= 11 is 0. The van der Waals surface area contributed by atoms with E-state index < -0.39 is 11.7 Å². The number of aliphatic carboxylic acids is 1. The number of carboxylic acids is 1. The average molecular weight is 195 g/mol. The molecule has 4 N–H and O–H groups in total. The third kappa shape index (κ3) is 2.22. The van der Waals surface area contributed by atoms with E-state index in [-0.39, 0.29) is 17.9 Å². The van der Waals surface area contributed by atoms with Crippen LogP contribution in [0.25, 0.3) is 0 Å². The van der Waals surface area contributed by atoms with Crippen LogP contribution in [0.2, 0.25) is 0 Å². The lowest BCUT2D eigenvalue weighted by molar-refractivity contribution is -0.129. The van der Waals surface area contributed by atoms with Crippen molar-refractivity contribution in [2.75, 3.05) is 0 Å². The number of phenols is 2. The molecule has 0 atom stereocenters. The van der Waals surface area contributed by atoms with E-state index in [2.05, 4.69) is 0 Å². The molecule has 0 aliphatic carbocycles. The first-order valence-electron chi connectivity index (χ1n) is 3.82. The number of phenolic OH excluding ortho intramolecular Hbond substituents is 2. The molecule has 1 aromatic carbocycles. The number of hydrogen-bond acceptors (Lipinski definition) is 4.